The van der Waals surface area contributed by atoms with E-state index in [0.717, 1.165) is 4.47 Å². The van der Waals surface area contributed by atoms with Gasteiger partial charge in [-0.2, -0.15) is 0 Å². The highest BCUT2D eigenvalue weighted by molar-refractivity contribution is 9.10. The van der Waals surface area contributed by atoms with Gasteiger partial charge in [-0.1, -0.05) is 28.1 Å². The SMILES string of the molecule is Cc1cc(C(O)Cc2cc(Br)ccc2F)ccc1F. The molecule has 0 aliphatic rings. The number of aliphatic hydroxyl groups excluding tert-OH is 1. The molecule has 0 aliphatic heterocycles. The summed E-state index contributed by atoms with van der Waals surface area (Å²) in [5.41, 5.74) is 1.47. The van der Waals surface area contributed by atoms with Gasteiger partial charge < -0.3 is 5.11 Å². The van der Waals surface area contributed by atoms with E-state index in [1.165, 1.54) is 18.2 Å². The Morgan fingerprint density at radius 1 is 1.11 bits per heavy atom. The summed E-state index contributed by atoms with van der Waals surface area (Å²) >= 11 is 3.27. The zero-order valence-electron chi connectivity index (χ0n) is 10.3. The molecule has 0 amide bonds. The molecule has 100 valence electrons. The first kappa shape index (κ1) is 14.2. The minimum Gasteiger partial charge on any atom is -0.388 e. The van der Waals surface area contributed by atoms with E-state index in [1.54, 1.807) is 25.1 Å². The molecule has 1 atom stereocenters. The molecule has 0 radical (unpaired) electrons. The van der Waals surface area contributed by atoms with Crippen molar-refractivity contribution in [1.29, 1.82) is 0 Å². The number of hydrogen-bond donors (Lipinski definition) is 1. The van der Waals surface area contributed by atoms with Crippen molar-refractivity contribution in [3.05, 3.63) is 69.2 Å². The molecule has 0 bridgehead atoms. The largest absolute Gasteiger partial charge is 0.388 e. The second-order valence-electron chi connectivity index (χ2n) is 4.46. The van der Waals surface area contributed by atoms with Crippen LogP contribution in [-0.2, 0) is 6.42 Å². The van der Waals surface area contributed by atoms with Crippen LogP contribution in [0.5, 0.6) is 0 Å². The van der Waals surface area contributed by atoms with Gasteiger partial charge in [0.05, 0.1) is 6.10 Å². The van der Waals surface area contributed by atoms with Gasteiger partial charge in [0.15, 0.2) is 0 Å². The molecule has 0 spiro atoms. The fraction of sp³-hybridized carbons (Fsp3) is 0.200. The summed E-state index contributed by atoms with van der Waals surface area (Å²) in [5, 5.41) is 10.1. The molecule has 2 aromatic carbocycles. The second-order valence-corrected chi connectivity index (χ2v) is 5.38. The number of hydrogen-bond acceptors (Lipinski definition) is 1. The monoisotopic (exact) mass is 326 g/mol. The molecule has 19 heavy (non-hydrogen) atoms. The molecule has 0 fully saturated rings. The molecule has 0 aliphatic carbocycles. The Morgan fingerprint density at radius 2 is 1.79 bits per heavy atom. The fourth-order valence-corrected chi connectivity index (χ4v) is 2.31. The van der Waals surface area contributed by atoms with E-state index in [2.05, 4.69) is 15.9 Å². The van der Waals surface area contributed by atoms with Crippen LogP contribution in [0.4, 0.5) is 8.78 Å². The van der Waals surface area contributed by atoms with Gasteiger partial charge in [0.2, 0.25) is 0 Å². The summed E-state index contributed by atoms with van der Waals surface area (Å²) in [6.07, 6.45) is -0.709. The van der Waals surface area contributed by atoms with Gasteiger partial charge in [0.1, 0.15) is 11.6 Å². The molecule has 0 saturated heterocycles. The van der Waals surface area contributed by atoms with Crippen molar-refractivity contribution in [3.8, 4) is 0 Å². The van der Waals surface area contributed by atoms with Crippen LogP contribution in [-0.4, -0.2) is 5.11 Å². The molecule has 0 saturated carbocycles. The Bertz CT molecular complexity index is 599. The van der Waals surface area contributed by atoms with Crippen molar-refractivity contribution >= 4 is 15.9 Å². The first-order valence-electron chi connectivity index (χ1n) is 5.85. The number of benzene rings is 2. The number of aryl methyl sites for hydroxylation is 1. The second kappa shape index (κ2) is 5.80. The summed E-state index contributed by atoms with van der Waals surface area (Å²) in [7, 11) is 0. The van der Waals surface area contributed by atoms with Crippen molar-refractivity contribution in [2.75, 3.05) is 0 Å². The topological polar surface area (TPSA) is 20.2 Å². The molecular weight excluding hydrogens is 314 g/mol. The molecule has 4 heteroatoms. The van der Waals surface area contributed by atoms with Gasteiger partial charge in [-0.3, -0.25) is 0 Å². The van der Waals surface area contributed by atoms with E-state index >= 15 is 0 Å². The average Bonchev–Trinajstić information content (AvgIpc) is 2.37. The van der Waals surface area contributed by atoms with Crippen LogP contribution < -0.4 is 0 Å². The summed E-state index contributed by atoms with van der Waals surface area (Å²) < 4.78 is 27.5. The van der Waals surface area contributed by atoms with Gasteiger partial charge in [0, 0.05) is 10.9 Å². The predicted octanol–water partition coefficient (Wildman–Crippen LogP) is 4.31. The fourth-order valence-electron chi connectivity index (χ4n) is 1.90. The zero-order chi connectivity index (χ0) is 14.0. The molecule has 2 rings (SSSR count). The van der Waals surface area contributed by atoms with E-state index in [0.29, 0.717) is 16.7 Å². The standard InChI is InChI=1S/C15H13BrF2O/c1-9-6-10(2-4-13(9)17)15(19)8-11-7-12(16)3-5-14(11)18/h2-7,15,19H,8H2,1H3. The van der Waals surface area contributed by atoms with Crippen LogP contribution in [0.3, 0.4) is 0 Å². The lowest BCUT2D eigenvalue weighted by Crippen LogP contribution is -2.04. The van der Waals surface area contributed by atoms with Crippen molar-refractivity contribution < 1.29 is 13.9 Å². The summed E-state index contributed by atoms with van der Waals surface area (Å²) in [6, 6.07) is 8.99. The van der Waals surface area contributed by atoms with Crippen molar-refractivity contribution in [1.82, 2.24) is 0 Å². The third-order valence-electron chi connectivity index (χ3n) is 2.99. The van der Waals surface area contributed by atoms with Crippen LogP contribution in [0.15, 0.2) is 40.9 Å². The molecule has 0 heterocycles. The quantitative estimate of drug-likeness (QED) is 0.891. The maximum Gasteiger partial charge on any atom is 0.126 e. The molecular formula is C15H13BrF2O. The van der Waals surface area contributed by atoms with Crippen molar-refractivity contribution in [2.24, 2.45) is 0 Å². The van der Waals surface area contributed by atoms with Gasteiger partial charge in [-0.05, 0) is 47.9 Å². The number of rotatable bonds is 3. The van der Waals surface area contributed by atoms with Crippen LogP contribution in [0.2, 0.25) is 0 Å². The summed E-state index contributed by atoms with van der Waals surface area (Å²) in [5.74, 6) is -0.675. The lowest BCUT2D eigenvalue weighted by Gasteiger charge is -2.13. The van der Waals surface area contributed by atoms with Crippen LogP contribution in [0.1, 0.15) is 22.8 Å². The Morgan fingerprint density at radius 3 is 2.47 bits per heavy atom. The van der Waals surface area contributed by atoms with Crippen LogP contribution in [0, 0.1) is 18.6 Å². The Balaban J connectivity index is 2.22. The van der Waals surface area contributed by atoms with Gasteiger partial charge in [-0.15, -0.1) is 0 Å². The van der Waals surface area contributed by atoms with E-state index in [4.69, 9.17) is 0 Å². The Labute approximate surface area is 119 Å². The highest BCUT2D eigenvalue weighted by Gasteiger charge is 2.13. The minimum absolute atomic E-state index is 0.149. The smallest absolute Gasteiger partial charge is 0.126 e. The molecule has 1 N–H and O–H groups in total. The van der Waals surface area contributed by atoms with Gasteiger partial charge in [0.25, 0.3) is 0 Å². The van der Waals surface area contributed by atoms with Crippen LogP contribution >= 0.6 is 15.9 Å². The predicted molar refractivity (Wildman–Crippen MR) is 73.9 cm³/mol. The van der Waals surface area contributed by atoms with E-state index in [-0.39, 0.29) is 18.1 Å². The molecule has 2 aromatic rings. The lowest BCUT2D eigenvalue weighted by atomic mass is 9.99. The first-order valence-corrected chi connectivity index (χ1v) is 6.64. The number of aliphatic hydroxyl groups is 1. The highest BCUT2D eigenvalue weighted by atomic mass is 79.9. The summed E-state index contributed by atoms with van der Waals surface area (Å²) in [4.78, 5) is 0. The molecule has 0 aromatic heterocycles. The maximum atomic E-state index is 13.6. The van der Waals surface area contributed by atoms with Gasteiger partial charge >= 0.3 is 0 Å². The number of halogens is 3. The van der Waals surface area contributed by atoms with Crippen LogP contribution in [0.25, 0.3) is 0 Å². The molecule has 1 unspecified atom stereocenters. The zero-order valence-corrected chi connectivity index (χ0v) is 11.9. The maximum absolute atomic E-state index is 13.6. The summed E-state index contributed by atoms with van der Waals surface area (Å²) in [6.45, 7) is 1.63. The average molecular weight is 327 g/mol. The van der Waals surface area contributed by atoms with E-state index in [9.17, 15) is 13.9 Å². The third kappa shape index (κ3) is 3.39. The van der Waals surface area contributed by atoms with Crippen molar-refractivity contribution in [3.63, 3.8) is 0 Å². The lowest BCUT2D eigenvalue weighted by molar-refractivity contribution is 0.177. The normalized spacial score (nSPS) is 12.5. The molecule has 1 nitrogen and oxygen atoms in total. The van der Waals surface area contributed by atoms with E-state index in [1.807, 2.05) is 0 Å². The van der Waals surface area contributed by atoms with E-state index < -0.39 is 6.10 Å². The Hall–Kier alpha value is -1.26. The first-order chi connectivity index (χ1) is 8.97. The van der Waals surface area contributed by atoms with Crippen molar-refractivity contribution in [2.45, 2.75) is 19.4 Å². The third-order valence-corrected chi connectivity index (χ3v) is 3.48. The van der Waals surface area contributed by atoms with Gasteiger partial charge in [-0.25, -0.2) is 8.78 Å². The highest BCUT2D eigenvalue weighted by Crippen LogP contribution is 2.24. The Kier molecular flexibility index (Phi) is 4.32. The minimum atomic E-state index is -0.858.